The van der Waals surface area contributed by atoms with Gasteiger partial charge >= 0.3 is 41.8 Å². The van der Waals surface area contributed by atoms with E-state index >= 15 is 0 Å². The summed E-state index contributed by atoms with van der Waals surface area (Å²) in [5, 5.41) is 59.1. The first-order chi connectivity index (χ1) is 54.5. The average molecular weight is 1920 g/mol. The van der Waals surface area contributed by atoms with Crippen LogP contribution in [0, 0.1) is 10.8 Å². The molecule has 0 saturated carbocycles. The molecule has 8 N–H and O–H groups in total. The molecule has 127 heavy (non-hydrogen) atoms. The molecule has 0 aromatic rings. The van der Waals surface area contributed by atoms with Gasteiger partial charge in [-0.3, -0.25) is 19.2 Å². The molecule has 0 amide bonds. The number of aliphatic hydroxyl groups is 7. The van der Waals surface area contributed by atoms with E-state index < -0.39 is 29.3 Å². The molecular formula is C95H262O32. The van der Waals surface area contributed by atoms with E-state index in [4.69, 9.17) is 40.9 Å². The summed E-state index contributed by atoms with van der Waals surface area (Å²) in [7, 11) is 19.8. The highest BCUT2D eigenvalue weighted by Gasteiger charge is 2.21. The van der Waals surface area contributed by atoms with Crippen LogP contribution in [0.15, 0.2) is 0 Å². The van der Waals surface area contributed by atoms with Gasteiger partial charge in [-0.1, -0.05) is 339 Å². The molecule has 32 nitrogen and oxygen atoms in total. The van der Waals surface area contributed by atoms with Crippen molar-refractivity contribution in [3.8, 4) is 0 Å². The summed E-state index contributed by atoms with van der Waals surface area (Å²) in [6.07, 6.45) is 1.48. The number of carbonyl (C=O) groups excluding carboxylic acids is 7. The number of Topliss-reactive ketones (excluding diaryl/α,β-unsaturated/α-hetero) is 1. The van der Waals surface area contributed by atoms with E-state index in [0.717, 1.165) is 28.4 Å². The number of aliphatic carboxylic acids is 1. The van der Waals surface area contributed by atoms with E-state index in [1.807, 2.05) is 249 Å². The second-order valence-corrected chi connectivity index (χ2v) is 14.1. The topological polar surface area (TPSA) is 446 Å². The summed E-state index contributed by atoms with van der Waals surface area (Å²) in [5.41, 5.74) is -0.936. The van der Waals surface area contributed by atoms with E-state index in [-0.39, 0.29) is 200 Å². The standard InChI is InChI=1S/C6H12O2.3C5H10O4.2C5H10O3.C5H10O2.C4H8O.2C2H6O2.C2H6O.16C2H6.4CH4O.13CH4/c1-6(2,3)5(7)8-4;3*1-7-3-5(6)9-4-8-2;2*1-3-5(6)8-4-7-2;1-5(2,3)4(6)7;1-3-4(2)5;2*1-4-2-3;1-2-3;20*1-2;;;;;;;;;;;;;/h1-4H3;3*3-4H2,1-2H3;2*3-4H2,1-2H3;1-3H3,(H,6,7);3H2,1-2H3;2*3H,2H2,1H3;3H,2H2,1H3;16*1-2H3;4*2H,1H3;13*1H4. The molecule has 0 bridgehead atoms. The van der Waals surface area contributed by atoms with Gasteiger partial charge in [-0.25, -0.2) is 14.4 Å². The van der Waals surface area contributed by atoms with Gasteiger partial charge in [0.25, 0.3) is 0 Å². The van der Waals surface area contributed by atoms with E-state index in [1.165, 1.54) is 78.2 Å². The van der Waals surface area contributed by atoms with Crippen molar-refractivity contribution in [1.82, 2.24) is 0 Å². The minimum atomic E-state index is -0.757. The summed E-state index contributed by atoms with van der Waals surface area (Å²) in [6, 6.07) is 0. The van der Waals surface area contributed by atoms with Gasteiger partial charge in [0.15, 0.2) is 34.0 Å². The Morgan fingerprint density at radius 3 is 0.394 bits per heavy atom. The Hall–Kier alpha value is -4.72. The third-order valence-corrected chi connectivity index (χ3v) is 5.25. The molecule has 32 heteroatoms. The number of ether oxygens (including phenoxy) is 16. The monoisotopic (exact) mass is 1920 g/mol. The molecule has 0 aliphatic rings. The highest BCUT2D eigenvalue weighted by molar-refractivity contribution is 5.75. The van der Waals surface area contributed by atoms with Crippen molar-refractivity contribution in [3.05, 3.63) is 0 Å². The first-order valence-electron chi connectivity index (χ1n) is 39.6. The van der Waals surface area contributed by atoms with Crippen LogP contribution in [0.25, 0.3) is 0 Å². The highest BCUT2D eigenvalue weighted by Crippen LogP contribution is 2.13. The SMILES string of the molecule is C.C.C.C.C.C.C.C.C.C.C.C.C.CC.CC.CC.CC.CC.CC.CC.CC.CC.CC.CC.CC.CC.CC.CC.CC.CC(C)(C)C(=O)O.CCC(=O)OCOC.CCC(=O)OCOC.CCC(C)=O.CCO.CO.CO.CO.CO.COC(=O)C(C)(C)C.COCO.COCO.COCOC(=O)COC.COCOC(=O)COC.COCOC(=O)COC. The summed E-state index contributed by atoms with van der Waals surface area (Å²) >= 11 is 0. The number of aliphatic hydroxyl groups excluding tert-OH is 7. The molecule has 0 unspecified atom stereocenters. The number of methoxy groups -OCH3 is 11. The maximum absolute atomic E-state index is 10.6. The number of hydrogen-bond acceptors (Lipinski definition) is 31. The van der Waals surface area contributed by atoms with Crippen molar-refractivity contribution in [2.75, 3.05) is 181 Å². The van der Waals surface area contributed by atoms with Crippen molar-refractivity contribution in [1.29, 1.82) is 0 Å². The lowest BCUT2D eigenvalue weighted by Gasteiger charge is -2.13. The normalized spacial score (nSPS) is 6.21. The Bertz CT molecular complexity index is 1140. The third kappa shape index (κ3) is 806. The van der Waals surface area contributed by atoms with Gasteiger partial charge in [0.1, 0.15) is 39.2 Å². The van der Waals surface area contributed by atoms with Gasteiger partial charge in [0, 0.05) is 125 Å². The van der Waals surface area contributed by atoms with Gasteiger partial charge in [-0.05, 0) is 55.4 Å². The Morgan fingerprint density at radius 2 is 0.346 bits per heavy atom. The fourth-order valence-corrected chi connectivity index (χ4v) is 1.61. The lowest BCUT2D eigenvalue weighted by molar-refractivity contribution is -0.159. The maximum atomic E-state index is 10.6. The number of hydrogen-bond donors (Lipinski definition) is 8. The second-order valence-electron chi connectivity index (χ2n) is 14.1. The molecule has 0 radical (unpaired) electrons. The quantitative estimate of drug-likeness (QED) is 0.0300. The first kappa shape index (κ1) is 294. The Labute approximate surface area is 804 Å². The smallest absolute Gasteiger partial charge is 0.334 e. The minimum Gasteiger partial charge on any atom is -0.481 e. The average Bonchev–Trinajstić information content (AvgIpc) is 0.939. The van der Waals surface area contributed by atoms with Crippen LogP contribution in [0.3, 0.4) is 0 Å². The summed E-state index contributed by atoms with van der Waals surface area (Å²) < 4.78 is 70.7. The zero-order valence-corrected chi connectivity index (χ0v) is 86.3. The maximum Gasteiger partial charge on any atom is 0.334 e. The highest BCUT2D eigenvalue weighted by atomic mass is 16.7. The van der Waals surface area contributed by atoms with E-state index in [1.54, 1.807) is 48.5 Å². The van der Waals surface area contributed by atoms with Crippen LogP contribution in [0.1, 0.15) is 414 Å². The zero-order valence-electron chi connectivity index (χ0n) is 86.3. The Kier molecular flexibility index (Phi) is 1080. The van der Waals surface area contributed by atoms with E-state index in [2.05, 4.69) is 75.8 Å². The van der Waals surface area contributed by atoms with Crippen molar-refractivity contribution >= 4 is 47.6 Å². The lowest BCUT2D eigenvalue weighted by Crippen LogP contribution is -2.21. The molecule has 834 valence electrons. The van der Waals surface area contributed by atoms with Gasteiger partial charge in [0.2, 0.25) is 0 Å². The molecule has 0 aliphatic carbocycles. The number of esters is 6. The van der Waals surface area contributed by atoms with Crippen LogP contribution in [-0.2, 0) is 114 Å². The van der Waals surface area contributed by atoms with Crippen LogP contribution in [-0.4, -0.2) is 269 Å². The third-order valence-electron chi connectivity index (χ3n) is 5.25. The fraction of sp³-hybridized carbons (Fsp3) is 0.916. The zero-order chi connectivity index (χ0) is 101. The molecule has 0 aromatic carbocycles. The Balaban J connectivity index is -0.0000000136. The predicted octanol–water partition coefficient (Wildman–Crippen LogP) is 26.0. The molecule has 0 fully saturated rings. The van der Waals surface area contributed by atoms with Gasteiger partial charge in [0.05, 0.1) is 17.9 Å². The molecule has 0 spiro atoms. The molecular weight excluding hydrogens is 1650 g/mol. The van der Waals surface area contributed by atoms with Crippen LogP contribution in [0.4, 0.5) is 0 Å². The van der Waals surface area contributed by atoms with Crippen molar-refractivity contribution in [2.24, 2.45) is 10.8 Å². The van der Waals surface area contributed by atoms with Crippen LogP contribution in [0.2, 0.25) is 0 Å². The Morgan fingerprint density at radius 1 is 0.236 bits per heavy atom. The van der Waals surface area contributed by atoms with Gasteiger partial charge < -0.3 is 121 Å². The summed E-state index contributed by atoms with van der Waals surface area (Å²) in [4.78, 5) is 82.1. The molecule has 0 aromatic heterocycles. The minimum absolute atomic E-state index is 0. The molecule has 0 saturated heterocycles. The van der Waals surface area contributed by atoms with E-state index in [0.29, 0.717) is 19.3 Å². The van der Waals surface area contributed by atoms with E-state index in [9.17, 15) is 38.4 Å². The molecule has 0 atom stereocenters. The van der Waals surface area contributed by atoms with Gasteiger partial charge in [-0.15, -0.1) is 0 Å². The van der Waals surface area contributed by atoms with Crippen LogP contribution >= 0.6 is 0 Å². The van der Waals surface area contributed by atoms with Crippen LogP contribution in [0.5, 0.6) is 0 Å². The number of ketones is 1. The second kappa shape index (κ2) is 467. The number of carboxylic acids is 1. The molecule has 0 rings (SSSR count). The summed E-state index contributed by atoms with van der Waals surface area (Å²) in [6.45, 7) is 82.9. The number of carbonyl (C=O) groups is 8. The predicted molar refractivity (Wildman–Crippen MR) is 568 cm³/mol. The van der Waals surface area contributed by atoms with Crippen LogP contribution < -0.4 is 0 Å². The summed E-state index contributed by atoms with van der Waals surface area (Å²) in [5.74, 6) is -2.38. The lowest BCUT2D eigenvalue weighted by atomic mass is 9.98. The molecule has 0 heterocycles. The molecule has 0 aliphatic heterocycles. The van der Waals surface area contributed by atoms with Crippen molar-refractivity contribution in [3.63, 3.8) is 0 Å². The first-order valence-corrected chi connectivity index (χ1v) is 39.6. The number of carboxylic acid groups (broad SMARTS) is 1. The van der Waals surface area contributed by atoms with Gasteiger partial charge in [-0.2, -0.15) is 0 Å². The largest absolute Gasteiger partial charge is 0.481 e. The van der Waals surface area contributed by atoms with Crippen molar-refractivity contribution in [2.45, 2.75) is 414 Å². The fourth-order valence-electron chi connectivity index (χ4n) is 1.61. The van der Waals surface area contributed by atoms with Crippen molar-refractivity contribution < 1.29 is 155 Å². The number of rotatable bonds is 21.